The van der Waals surface area contributed by atoms with Crippen molar-refractivity contribution in [2.75, 3.05) is 19.8 Å². The van der Waals surface area contributed by atoms with Crippen molar-refractivity contribution < 1.29 is 19.7 Å². The Bertz CT molecular complexity index is 803. The van der Waals surface area contributed by atoms with E-state index in [4.69, 9.17) is 9.47 Å². The van der Waals surface area contributed by atoms with Gasteiger partial charge in [0.2, 0.25) is 0 Å². The quantitative estimate of drug-likeness (QED) is 0.657. The van der Waals surface area contributed by atoms with E-state index in [1.54, 1.807) is 36.7 Å². The number of rotatable bonds is 9. The van der Waals surface area contributed by atoms with Gasteiger partial charge in [-0.05, 0) is 45.0 Å². The van der Waals surface area contributed by atoms with Gasteiger partial charge in [-0.25, -0.2) is 0 Å². The Kier molecular flexibility index (Phi) is 7.67. The molecular weight excluding hydrogens is 344 g/mol. The molecule has 0 spiro atoms. The third-order valence-corrected chi connectivity index (χ3v) is 3.73. The van der Waals surface area contributed by atoms with E-state index >= 15 is 0 Å². The number of para-hydroxylation sites is 2. The first-order chi connectivity index (χ1) is 13.1. The minimum Gasteiger partial charge on any atom is -0.504 e. The van der Waals surface area contributed by atoms with Gasteiger partial charge in [0.15, 0.2) is 23.0 Å². The van der Waals surface area contributed by atoms with Crippen LogP contribution in [0.2, 0.25) is 0 Å². The monoisotopic (exact) mass is 370 g/mol. The maximum atomic E-state index is 10.2. The molecule has 2 rings (SSSR count). The molecule has 0 heterocycles. The Morgan fingerprint density at radius 2 is 1.41 bits per heavy atom. The number of ether oxygens (including phenoxy) is 2. The highest BCUT2D eigenvalue weighted by Crippen LogP contribution is 2.29. The minimum absolute atomic E-state index is 0.0801. The zero-order chi connectivity index (χ0) is 19.6. The Labute approximate surface area is 159 Å². The Morgan fingerprint density at radius 3 is 1.93 bits per heavy atom. The summed E-state index contributed by atoms with van der Waals surface area (Å²) in [4.78, 5) is 8.76. The fourth-order valence-electron chi connectivity index (χ4n) is 2.39. The topological polar surface area (TPSA) is 83.6 Å². The number of hydrogen-bond donors (Lipinski definition) is 2. The Morgan fingerprint density at radius 1 is 0.889 bits per heavy atom. The molecule has 0 unspecified atom stereocenters. The molecule has 0 aliphatic heterocycles. The Hall–Kier alpha value is -3.02. The highest BCUT2D eigenvalue weighted by molar-refractivity contribution is 5.85. The molecule has 0 aliphatic rings. The Balaban J connectivity index is 1.99. The lowest BCUT2D eigenvalue weighted by molar-refractivity contribution is 0.318. The maximum absolute atomic E-state index is 10.2. The molecule has 0 saturated carbocycles. The van der Waals surface area contributed by atoms with Crippen LogP contribution in [0.15, 0.2) is 46.4 Å². The van der Waals surface area contributed by atoms with Crippen LogP contribution in [0.1, 0.15) is 31.9 Å². The van der Waals surface area contributed by atoms with Crippen LogP contribution in [-0.4, -0.2) is 48.4 Å². The second kappa shape index (κ2) is 10.2. The summed E-state index contributed by atoms with van der Waals surface area (Å²) in [6.07, 6.45) is 3.22. The molecular formula is C21H26N2O4. The predicted molar refractivity (Wildman–Crippen MR) is 108 cm³/mol. The van der Waals surface area contributed by atoms with Gasteiger partial charge in [-0.3, -0.25) is 9.98 Å². The second-order valence-electron chi connectivity index (χ2n) is 5.88. The van der Waals surface area contributed by atoms with Crippen LogP contribution >= 0.6 is 0 Å². The summed E-state index contributed by atoms with van der Waals surface area (Å²) in [5, 5.41) is 20.3. The summed E-state index contributed by atoms with van der Waals surface area (Å²) < 4.78 is 10.7. The van der Waals surface area contributed by atoms with Gasteiger partial charge in [-0.2, -0.15) is 0 Å². The van der Waals surface area contributed by atoms with E-state index in [1.165, 1.54) is 0 Å². The van der Waals surface area contributed by atoms with E-state index in [2.05, 4.69) is 9.98 Å². The van der Waals surface area contributed by atoms with Crippen LogP contribution in [-0.2, 0) is 0 Å². The van der Waals surface area contributed by atoms with E-state index in [0.29, 0.717) is 42.4 Å². The van der Waals surface area contributed by atoms with E-state index < -0.39 is 0 Å². The molecule has 1 atom stereocenters. The fraction of sp³-hybridized carbons (Fsp3) is 0.333. The van der Waals surface area contributed by atoms with Gasteiger partial charge >= 0.3 is 0 Å². The highest BCUT2D eigenvalue weighted by atomic mass is 16.5. The lowest BCUT2D eigenvalue weighted by atomic mass is 10.2. The summed E-state index contributed by atoms with van der Waals surface area (Å²) >= 11 is 0. The van der Waals surface area contributed by atoms with Crippen LogP contribution in [0.3, 0.4) is 0 Å². The third kappa shape index (κ3) is 5.74. The van der Waals surface area contributed by atoms with Crippen molar-refractivity contribution in [3.8, 4) is 23.0 Å². The summed E-state index contributed by atoms with van der Waals surface area (Å²) in [6, 6.07) is 10.5. The molecule has 0 aromatic heterocycles. The normalized spacial score (nSPS) is 12.6. The standard InChI is InChI=1S/C21H26N2O4/c1-4-26-18-10-6-8-16(20(18)24)13-22-12-15(3)23-14-17-9-7-11-19(21(17)25)27-5-2/h6-11,13-15,24-25H,4-5,12H2,1-3H3/t15-/m0/s1. The average molecular weight is 370 g/mol. The fourth-order valence-corrected chi connectivity index (χ4v) is 2.39. The van der Waals surface area contributed by atoms with E-state index in [0.717, 1.165) is 0 Å². The molecule has 2 aromatic rings. The first-order valence-electron chi connectivity index (χ1n) is 8.99. The van der Waals surface area contributed by atoms with Crippen molar-refractivity contribution in [3.05, 3.63) is 47.5 Å². The number of phenolic OH excluding ortho intramolecular Hbond substituents is 2. The van der Waals surface area contributed by atoms with Crippen molar-refractivity contribution in [3.63, 3.8) is 0 Å². The van der Waals surface area contributed by atoms with E-state index in [9.17, 15) is 10.2 Å². The predicted octanol–water partition coefficient (Wildman–Crippen LogP) is 3.82. The molecule has 144 valence electrons. The zero-order valence-corrected chi connectivity index (χ0v) is 15.9. The first-order valence-corrected chi connectivity index (χ1v) is 8.99. The minimum atomic E-state index is -0.0892. The number of aliphatic imine (C=N–C) groups is 2. The second-order valence-corrected chi connectivity index (χ2v) is 5.88. The van der Waals surface area contributed by atoms with Crippen LogP contribution in [0, 0.1) is 0 Å². The van der Waals surface area contributed by atoms with Gasteiger partial charge in [0.05, 0.1) is 25.8 Å². The average Bonchev–Trinajstić information content (AvgIpc) is 2.66. The molecule has 0 saturated heterocycles. The van der Waals surface area contributed by atoms with Crippen molar-refractivity contribution in [2.24, 2.45) is 9.98 Å². The SMILES string of the molecule is CCOc1cccc(C=NC[C@H](C)N=Cc2cccc(OCC)c2O)c1O. The molecule has 2 aromatic carbocycles. The molecule has 0 amide bonds. The van der Waals surface area contributed by atoms with Crippen LogP contribution in [0.5, 0.6) is 23.0 Å². The lowest BCUT2D eigenvalue weighted by Gasteiger charge is -2.08. The molecule has 0 bridgehead atoms. The van der Waals surface area contributed by atoms with Gasteiger partial charge < -0.3 is 19.7 Å². The molecule has 27 heavy (non-hydrogen) atoms. The number of benzene rings is 2. The van der Waals surface area contributed by atoms with Crippen molar-refractivity contribution in [1.29, 1.82) is 0 Å². The van der Waals surface area contributed by atoms with Gasteiger partial charge in [-0.15, -0.1) is 0 Å². The molecule has 0 aliphatic carbocycles. The molecule has 0 radical (unpaired) electrons. The number of nitrogens with zero attached hydrogens (tertiary/aromatic N) is 2. The summed E-state index contributed by atoms with van der Waals surface area (Å²) in [5.41, 5.74) is 1.19. The number of hydrogen-bond acceptors (Lipinski definition) is 6. The number of aromatic hydroxyl groups is 2. The van der Waals surface area contributed by atoms with Gasteiger partial charge in [-0.1, -0.05) is 12.1 Å². The van der Waals surface area contributed by atoms with Crippen LogP contribution < -0.4 is 9.47 Å². The van der Waals surface area contributed by atoms with Crippen LogP contribution in [0.4, 0.5) is 0 Å². The van der Waals surface area contributed by atoms with E-state index in [-0.39, 0.29) is 17.5 Å². The molecule has 6 nitrogen and oxygen atoms in total. The maximum Gasteiger partial charge on any atom is 0.166 e. The largest absolute Gasteiger partial charge is 0.504 e. The van der Waals surface area contributed by atoms with Gasteiger partial charge in [0, 0.05) is 23.6 Å². The van der Waals surface area contributed by atoms with Crippen molar-refractivity contribution >= 4 is 12.4 Å². The van der Waals surface area contributed by atoms with Gasteiger partial charge in [0.25, 0.3) is 0 Å². The van der Waals surface area contributed by atoms with Crippen LogP contribution in [0.25, 0.3) is 0 Å². The van der Waals surface area contributed by atoms with Gasteiger partial charge in [0.1, 0.15) is 0 Å². The zero-order valence-electron chi connectivity index (χ0n) is 15.9. The van der Waals surface area contributed by atoms with Crippen molar-refractivity contribution in [1.82, 2.24) is 0 Å². The molecule has 6 heteroatoms. The third-order valence-electron chi connectivity index (χ3n) is 3.73. The van der Waals surface area contributed by atoms with Crippen molar-refractivity contribution in [2.45, 2.75) is 26.8 Å². The summed E-state index contributed by atoms with van der Waals surface area (Å²) in [5.74, 6) is 1.04. The molecule has 0 fully saturated rings. The number of phenols is 2. The highest BCUT2D eigenvalue weighted by Gasteiger charge is 2.07. The summed E-state index contributed by atoms with van der Waals surface area (Å²) in [7, 11) is 0. The molecule has 2 N–H and O–H groups in total. The smallest absolute Gasteiger partial charge is 0.166 e. The summed E-state index contributed by atoms with van der Waals surface area (Å²) in [6.45, 7) is 7.06. The lowest BCUT2D eigenvalue weighted by Crippen LogP contribution is -2.04. The first kappa shape index (κ1) is 20.3. The van der Waals surface area contributed by atoms with E-state index in [1.807, 2.05) is 32.9 Å².